The van der Waals surface area contributed by atoms with E-state index >= 15 is 0 Å². The Hall–Kier alpha value is -2.09. The molecule has 1 aromatic carbocycles. The SMILES string of the molecule is CC(=O)OC(c1ccc(OC(F)F)c(CO[Si](C)(C)C(C)(C)C)c1)c1cnn(COCC[Si](C)(C)C)c1. The van der Waals surface area contributed by atoms with E-state index in [0.29, 0.717) is 23.3 Å². The molecule has 11 heteroatoms. The van der Waals surface area contributed by atoms with Gasteiger partial charge in [-0.25, -0.2) is 4.68 Å². The first kappa shape index (κ1) is 31.1. The first-order valence-corrected chi connectivity index (χ1v) is 19.1. The maximum absolute atomic E-state index is 13.1. The fourth-order valence-corrected chi connectivity index (χ4v) is 4.88. The number of benzene rings is 1. The Balaban J connectivity index is 2.31. The van der Waals surface area contributed by atoms with Crippen molar-refractivity contribution in [1.29, 1.82) is 0 Å². The Morgan fingerprint density at radius 2 is 1.78 bits per heavy atom. The molecule has 7 nitrogen and oxygen atoms in total. The molecule has 37 heavy (non-hydrogen) atoms. The summed E-state index contributed by atoms with van der Waals surface area (Å²) >= 11 is 0. The molecule has 2 rings (SSSR count). The van der Waals surface area contributed by atoms with Crippen LogP contribution in [0, 0.1) is 0 Å². The van der Waals surface area contributed by atoms with Gasteiger partial charge in [0, 0.05) is 38.9 Å². The number of nitrogens with zero attached hydrogens (tertiary/aromatic N) is 2. The summed E-state index contributed by atoms with van der Waals surface area (Å²) in [5.41, 5.74) is 1.70. The Labute approximate surface area is 221 Å². The van der Waals surface area contributed by atoms with Crippen LogP contribution in [0.2, 0.25) is 43.8 Å². The van der Waals surface area contributed by atoms with Crippen LogP contribution in [0.5, 0.6) is 5.75 Å². The highest BCUT2D eigenvalue weighted by Crippen LogP contribution is 2.38. The van der Waals surface area contributed by atoms with Crippen LogP contribution in [0.1, 0.15) is 50.5 Å². The number of halogens is 2. The molecule has 0 fully saturated rings. The minimum absolute atomic E-state index is 0.0329. The highest BCUT2D eigenvalue weighted by Gasteiger charge is 2.37. The molecule has 0 saturated carbocycles. The second kappa shape index (κ2) is 12.6. The smallest absolute Gasteiger partial charge is 0.387 e. The van der Waals surface area contributed by atoms with Gasteiger partial charge < -0.3 is 18.6 Å². The molecule has 1 unspecified atom stereocenters. The van der Waals surface area contributed by atoms with E-state index in [1.54, 1.807) is 29.2 Å². The molecule has 1 atom stereocenters. The van der Waals surface area contributed by atoms with Crippen LogP contribution in [0.3, 0.4) is 0 Å². The number of carbonyl (C=O) groups excluding carboxylic acids is 1. The van der Waals surface area contributed by atoms with Gasteiger partial charge in [0.05, 0.1) is 12.8 Å². The molecule has 0 N–H and O–H groups in total. The topological polar surface area (TPSA) is 71.8 Å². The number of ether oxygens (including phenoxy) is 3. The second-order valence-electron chi connectivity index (χ2n) is 11.9. The number of esters is 1. The van der Waals surface area contributed by atoms with Crippen LogP contribution >= 0.6 is 0 Å². The molecule has 0 radical (unpaired) electrons. The van der Waals surface area contributed by atoms with Gasteiger partial charge in [-0.05, 0) is 41.9 Å². The number of hydrogen-bond donors (Lipinski definition) is 0. The van der Waals surface area contributed by atoms with Crippen LogP contribution in [-0.4, -0.2) is 45.4 Å². The molecule has 208 valence electrons. The molecule has 1 heterocycles. The van der Waals surface area contributed by atoms with Crippen molar-refractivity contribution >= 4 is 22.4 Å². The molecule has 0 amide bonds. The van der Waals surface area contributed by atoms with Gasteiger partial charge in [0.25, 0.3) is 0 Å². The molecule has 0 saturated heterocycles. The quantitative estimate of drug-likeness (QED) is 0.151. The van der Waals surface area contributed by atoms with E-state index in [0.717, 1.165) is 6.04 Å². The fourth-order valence-electron chi connectivity index (χ4n) is 3.18. The second-order valence-corrected chi connectivity index (χ2v) is 22.4. The third-order valence-electron chi connectivity index (χ3n) is 6.46. The summed E-state index contributed by atoms with van der Waals surface area (Å²) < 4.78 is 50.3. The summed E-state index contributed by atoms with van der Waals surface area (Å²) in [5, 5.41) is 4.29. The molecule has 0 aliphatic rings. The standard InChI is InChI=1S/C26H42F2N2O5Si2/c1-19(31)34-24(22-15-29-30(16-22)18-32-12-13-36(5,6)7)20-10-11-23(35-25(27)28)21(14-20)17-33-37(8,9)26(2,3)4/h10-11,14-16,24-25H,12-13,17-18H2,1-9H3. The number of aromatic nitrogens is 2. The van der Waals surface area contributed by atoms with E-state index < -0.39 is 35.1 Å². The minimum atomic E-state index is -2.97. The molecular formula is C26H42F2N2O5Si2. The molecular weight excluding hydrogens is 514 g/mol. The largest absolute Gasteiger partial charge is 0.453 e. The summed E-state index contributed by atoms with van der Waals surface area (Å²) in [7, 11) is -3.36. The highest BCUT2D eigenvalue weighted by molar-refractivity contribution is 6.76. The summed E-state index contributed by atoms with van der Waals surface area (Å²) in [6.07, 6.45) is 2.60. The van der Waals surface area contributed by atoms with Crippen molar-refractivity contribution in [2.24, 2.45) is 0 Å². The lowest BCUT2D eigenvalue weighted by Crippen LogP contribution is -2.40. The van der Waals surface area contributed by atoms with Crippen molar-refractivity contribution in [3.63, 3.8) is 0 Å². The highest BCUT2D eigenvalue weighted by atomic mass is 28.4. The predicted molar refractivity (Wildman–Crippen MR) is 145 cm³/mol. The van der Waals surface area contributed by atoms with Crippen LogP contribution < -0.4 is 4.74 Å². The van der Waals surface area contributed by atoms with Crippen LogP contribution in [0.25, 0.3) is 0 Å². The van der Waals surface area contributed by atoms with Gasteiger partial charge in [-0.15, -0.1) is 0 Å². The summed E-state index contributed by atoms with van der Waals surface area (Å²) in [5.74, 6) is -0.443. The Morgan fingerprint density at radius 1 is 1.11 bits per heavy atom. The van der Waals surface area contributed by atoms with Gasteiger partial charge in [0.15, 0.2) is 14.4 Å². The molecule has 0 spiro atoms. The van der Waals surface area contributed by atoms with Crippen molar-refractivity contribution in [3.05, 3.63) is 47.3 Å². The van der Waals surface area contributed by atoms with Crippen molar-refractivity contribution in [2.45, 2.75) is 97.6 Å². The van der Waals surface area contributed by atoms with E-state index in [1.807, 2.05) is 0 Å². The van der Waals surface area contributed by atoms with E-state index in [1.165, 1.54) is 13.0 Å². The average molecular weight is 557 g/mol. The van der Waals surface area contributed by atoms with E-state index in [9.17, 15) is 13.6 Å². The van der Waals surface area contributed by atoms with E-state index in [-0.39, 0.29) is 24.1 Å². The zero-order chi connectivity index (χ0) is 28.0. The average Bonchev–Trinajstić information content (AvgIpc) is 3.21. The van der Waals surface area contributed by atoms with Crippen molar-refractivity contribution in [2.75, 3.05) is 6.61 Å². The zero-order valence-electron chi connectivity index (χ0n) is 23.6. The summed E-state index contributed by atoms with van der Waals surface area (Å²) in [6, 6.07) is 5.82. The maximum Gasteiger partial charge on any atom is 0.387 e. The van der Waals surface area contributed by atoms with E-state index in [2.05, 4.69) is 58.6 Å². The third-order valence-corrected chi connectivity index (χ3v) is 12.6. The van der Waals surface area contributed by atoms with Crippen molar-refractivity contribution < 1.29 is 32.2 Å². The van der Waals surface area contributed by atoms with Gasteiger partial charge in [-0.2, -0.15) is 13.9 Å². The Kier molecular flexibility index (Phi) is 10.6. The van der Waals surface area contributed by atoms with Crippen molar-refractivity contribution in [3.8, 4) is 5.75 Å². The van der Waals surface area contributed by atoms with Gasteiger partial charge in [0.2, 0.25) is 0 Å². The lowest BCUT2D eigenvalue weighted by Gasteiger charge is -2.36. The monoisotopic (exact) mass is 556 g/mol. The number of carbonyl (C=O) groups is 1. The van der Waals surface area contributed by atoms with Crippen LogP contribution in [0.15, 0.2) is 30.6 Å². The first-order chi connectivity index (χ1) is 17.0. The molecule has 0 aliphatic carbocycles. The van der Waals surface area contributed by atoms with Gasteiger partial charge >= 0.3 is 12.6 Å². The zero-order valence-corrected chi connectivity index (χ0v) is 25.6. The van der Waals surface area contributed by atoms with Gasteiger partial charge in [-0.3, -0.25) is 4.79 Å². The molecule has 1 aromatic heterocycles. The maximum atomic E-state index is 13.1. The molecule has 0 aliphatic heterocycles. The normalized spacial score (nSPS) is 13.6. The summed E-state index contributed by atoms with van der Waals surface area (Å²) in [6.45, 7) is 16.8. The summed E-state index contributed by atoms with van der Waals surface area (Å²) in [4.78, 5) is 12.0. The van der Waals surface area contributed by atoms with Gasteiger partial charge in [0.1, 0.15) is 12.5 Å². The number of rotatable bonds is 13. The van der Waals surface area contributed by atoms with Crippen molar-refractivity contribution in [1.82, 2.24) is 9.78 Å². The van der Waals surface area contributed by atoms with Crippen LogP contribution in [0.4, 0.5) is 8.78 Å². The Morgan fingerprint density at radius 3 is 2.35 bits per heavy atom. The first-order valence-electron chi connectivity index (χ1n) is 12.5. The molecule has 0 bridgehead atoms. The predicted octanol–water partition coefficient (Wildman–Crippen LogP) is 6.97. The Bertz CT molecular complexity index is 1030. The lowest BCUT2D eigenvalue weighted by molar-refractivity contribution is -0.144. The molecule has 2 aromatic rings. The fraction of sp³-hybridized carbons (Fsp3) is 0.615. The van der Waals surface area contributed by atoms with Gasteiger partial charge in [-0.1, -0.05) is 46.5 Å². The third kappa shape index (κ3) is 9.95. The minimum Gasteiger partial charge on any atom is -0.453 e. The van der Waals surface area contributed by atoms with Crippen LogP contribution in [-0.2, 0) is 32.0 Å². The number of alkyl halides is 2. The lowest BCUT2D eigenvalue weighted by atomic mass is 10.0. The number of hydrogen-bond acceptors (Lipinski definition) is 6. The van der Waals surface area contributed by atoms with E-state index in [4.69, 9.17) is 18.6 Å².